The molecule has 3 rings (SSSR count). The molecule has 0 saturated heterocycles. The second kappa shape index (κ2) is 4.81. The van der Waals surface area contributed by atoms with Crippen LogP contribution in [0.3, 0.4) is 0 Å². The van der Waals surface area contributed by atoms with Gasteiger partial charge in [-0.15, -0.1) is 0 Å². The molecule has 1 fully saturated rings. The molecule has 1 heterocycles. The summed E-state index contributed by atoms with van der Waals surface area (Å²) in [6.45, 7) is 2.00. The monoisotopic (exact) mass is 275 g/mol. The van der Waals surface area contributed by atoms with Crippen molar-refractivity contribution < 1.29 is 19.4 Å². The van der Waals surface area contributed by atoms with Crippen LogP contribution in [0.1, 0.15) is 35.7 Å². The molecule has 0 radical (unpaired) electrons. The largest absolute Gasteiger partial charge is 0.490 e. The first kappa shape index (κ1) is 13.0. The molecule has 0 bridgehead atoms. The number of aliphatic carboxylic acids is 1. The Hall–Kier alpha value is -2.04. The molecule has 5 nitrogen and oxygen atoms in total. The Labute approximate surface area is 116 Å². The van der Waals surface area contributed by atoms with Crippen LogP contribution >= 0.6 is 0 Å². The Morgan fingerprint density at radius 3 is 2.80 bits per heavy atom. The van der Waals surface area contributed by atoms with E-state index in [1.807, 2.05) is 19.1 Å². The minimum absolute atomic E-state index is 0.0213. The van der Waals surface area contributed by atoms with Crippen LogP contribution in [0.25, 0.3) is 0 Å². The van der Waals surface area contributed by atoms with Gasteiger partial charge in [0.15, 0.2) is 0 Å². The summed E-state index contributed by atoms with van der Waals surface area (Å²) >= 11 is 0. The van der Waals surface area contributed by atoms with Crippen LogP contribution in [0.15, 0.2) is 18.2 Å². The van der Waals surface area contributed by atoms with Gasteiger partial charge in [-0.2, -0.15) is 0 Å². The average molecular weight is 275 g/mol. The number of hydrogen-bond donors (Lipinski definition) is 2. The molecular weight excluding hydrogens is 258 g/mol. The Bertz CT molecular complexity index is 563. The molecule has 0 aromatic heterocycles. The number of benzene rings is 1. The van der Waals surface area contributed by atoms with Crippen LogP contribution in [0, 0.1) is 5.92 Å². The van der Waals surface area contributed by atoms with E-state index in [2.05, 4.69) is 5.32 Å². The van der Waals surface area contributed by atoms with Gasteiger partial charge in [0, 0.05) is 18.0 Å². The molecule has 1 amide bonds. The molecule has 1 aliphatic heterocycles. The van der Waals surface area contributed by atoms with Crippen LogP contribution in [-0.4, -0.2) is 29.1 Å². The Morgan fingerprint density at radius 2 is 2.10 bits per heavy atom. The van der Waals surface area contributed by atoms with E-state index in [-0.39, 0.29) is 24.0 Å². The van der Waals surface area contributed by atoms with Gasteiger partial charge in [0.2, 0.25) is 0 Å². The topological polar surface area (TPSA) is 75.6 Å². The highest BCUT2D eigenvalue weighted by molar-refractivity contribution is 5.95. The molecule has 1 atom stereocenters. The van der Waals surface area contributed by atoms with Crippen molar-refractivity contribution in [3.8, 4) is 5.75 Å². The number of ether oxygens (including phenoxy) is 1. The number of fused-ring (bicyclic) bond motifs is 1. The predicted molar refractivity (Wildman–Crippen MR) is 71.9 cm³/mol. The second-order valence-electron chi connectivity index (χ2n) is 5.63. The fourth-order valence-corrected chi connectivity index (χ4v) is 2.77. The van der Waals surface area contributed by atoms with Crippen molar-refractivity contribution in [3.63, 3.8) is 0 Å². The molecule has 1 saturated carbocycles. The standard InChI is InChI=1S/C15H17NO4/c1-8-4-10-5-9(2-3-13(10)20-8)14(17)16-12-6-11(7-12)15(18)19/h2-3,5,8,11-12H,4,6-7H2,1H3,(H,16,17)(H,18,19)/t8-,11?,12?/m1/s1. The molecule has 1 aromatic rings. The fraction of sp³-hybridized carbons (Fsp3) is 0.467. The summed E-state index contributed by atoms with van der Waals surface area (Å²) in [6, 6.07) is 5.42. The number of rotatable bonds is 3. The summed E-state index contributed by atoms with van der Waals surface area (Å²) in [5.41, 5.74) is 1.67. The molecule has 0 spiro atoms. The number of carboxylic acids is 1. The lowest BCUT2D eigenvalue weighted by atomic mass is 9.80. The van der Waals surface area contributed by atoms with E-state index in [9.17, 15) is 9.59 Å². The first-order valence-electron chi connectivity index (χ1n) is 6.86. The lowest BCUT2D eigenvalue weighted by Crippen LogP contribution is -2.46. The van der Waals surface area contributed by atoms with E-state index in [1.165, 1.54) is 0 Å². The highest BCUT2D eigenvalue weighted by atomic mass is 16.5. The van der Waals surface area contributed by atoms with Gasteiger partial charge in [-0.25, -0.2) is 0 Å². The van der Waals surface area contributed by atoms with Crippen LogP contribution in [0.5, 0.6) is 5.75 Å². The van der Waals surface area contributed by atoms with Crippen molar-refractivity contribution >= 4 is 11.9 Å². The van der Waals surface area contributed by atoms with Crippen LogP contribution in [0.2, 0.25) is 0 Å². The van der Waals surface area contributed by atoms with E-state index < -0.39 is 5.97 Å². The lowest BCUT2D eigenvalue weighted by molar-refractivity contribution is -0.145. The Kier molecular flexibility index (Phi) is 3.12. The van der Waals surface area contributed by atoms with Crippen molar-refractivity contribution in [2.45, 2.75) is 38.3 Å². The summed E-state index contributed by atoms with van der Waals surface area (Å²) in [5.74, 6) is -0.376. The number of amides is 1. The first-order valence-corrected chi connectivity index (χ1v) is 6.86. The summed E-state index contributed by atoms with van der Waals surface area (Å²) < 4.78 is 5.60. The number of hydrogen-bond acceptors (Lipinski definition) is 3. The summed E-state index contributed by atoms with van der Waals surface area (Å²) in [7, 11) is 0. The van der Waals surface area contributed by atoms with Gasteiger partial charge in [0.05, 0.1) is 5.92 Å². The zero-order valence-corrected chi connectivity index (χ0v) is 11.3. The highest BCUT2D eigenvalue weighted by Crippen LogP contribution is 2.30. The third-order valence-electron chi connectivity index (χ3n) is 3.98. The van der Waals surface area contributed by atoms with E-state index in [0.717, 1.165) is 17.7 Å². The van der Waals surface area contributed by atoms with Gasteiger partial charge < -0.3 is 15.2 Å². The van der Waals surface area contributed by atoms with Gasteiger partial charge in [-0.1, -0.05) is 0 Å². The number of carbonyl (C=O) groups is 2. The normalized spacial score (nSPS) is 27.1. The second-order valence-corrected chi connectivity index (χ2v) is 5.63. The molecule has 1 aromatic carbocycles. The zero-order valence-electron chi connectivity index (χ0n) is 11.3. The van der Waals surface area contributed by atoms with E-state index >= 15 is 0 Å². The van der Waals surface area contributed by atoms with Gasteiger partial charge in [0.25, 0.3) is 5.91 Å². The smallest absolute Gasteiger partial charge is 0.306 e. The van der Waals surface area contributed by atoms with Crippen molar-refractivity contribution in [2.75, 3.05) is 0 Å². The van der Waals surface area contributed by atoms with Crippen LogP contribution in [-0.2, 0) is 11.2 Å². The van der Waals surface area contributed by atoms with Gasteiger partial charge in [-0.05, 0) is 43.5 Å². The van der Waals surface area contributed by atoms with E-state index in [0.29, 0.717) is 18.4 Å². The molecular formula is C15H17NO4. The predicted octanol–water partition coefficient (Wildman–Crippen LogP) is 1.60. The summed E-state index contributed by atoms with van der Waals surface area (Å²) in [4.78, 5) is 22.8. The fourth-order valence-electron chi connectivity index (χ4n) is 2.77. The maximum Gasteiger partial charge on any atom is 0.306 e. The minimum atomic E-state index is -0.779. The van der Waals surface area contributed by atoms with Crippen LogP contribution < -0.4 is 10.1 Å². The molecule has 106 valence electrons. The maximum absolute atomic E-state index is 12.1. The molecule has 5 heteroatoms. The minimum Gasteiger partial charge on any atom is -0.490 e. The number of carbonyl (C=O) groups excluding carboxylic acids is 1. The lowest BCUT2D eigenvalue weighted by Gasteiger charge is -2.32. The van der Waals surface area contributed by atoms with Crippen molar-refractivity contribution in [3.05, 3.63) is 29.3 Å². The van der Waals surface area contributed by atoms with Gasteiger partial charge in [-0.3, -0.25) is 9.59 Å². The van der Waals surface area contributed by atoms with Gasteiger partial charge >= 0.3 is 5.97 Å². The van der Waals surface area contributed by atoms with E-state index in [1.54, 1.807) is 6.07 Å². The third-order valence-corrected chi connectivity index (χ3v) is 3.98. The highest BCUT2D eigenvalue weighted by Gasteiger charge is 2.35. The summed E-state index contributed by atoms with van der Waals surface area (Å²) in [5, 5.41) is 11.7. The number of carboxylic acid groups (broad SMARTS) is 1. The SMILES string of the molecule is C[C@@H]1Cc2cc(C(=O)NC3CC(C(=O)O)C3)ccc2O1. The molecule has 1 aliphatic carbocycles. The van der Waals surface area contributed by atoms with E-state index in [4.69, 9.17) is 9.84 Å². The molecule has 20 heavy (non-hydrogen) atoms. The van der Waals surface area contributed by atoms with Crippen molar-refractivity contribution in [1.82, 2.24) is 5.32 Å². The number of nitrogens with one attached hydrogen (secondary N) is 1. The van der Waals surface area contributed by atoms with Crippen molar-refractivity contribution in [2.24, 2.45) is 5.92 Å². The maximum atomic E-state index is 12.1. The first-order chi connectivity index (χ1) is 9.52. The van der Waals surface area contributed by atoms with Crippen LogP contribution in [0.4, 0.5) is 0 Å². The quantitative estimate of drug-likeness (QED) is 0.878. The molecule has 2 aliphatic rings. The third kappa shape index (κ3) is 2.35. The Morgan fingerprint density at radius 1 is 1.35 bits per heavy atom. The molecule has 0 unspecified atom stereocenters. The van der Waals surface area contributed by atoms with Crippen molar-refractivity contribution in [1.29, 1.82) is 0 Å². The average Bonchev–Trinajstić information content (AvgIpc) is 2.71. The van der Waals surface area contributed by atoms with Gasteiger partial charge in [0.1, 0.15) is 11.9 Å². The Balaban J connectivity index is 1.61. The molecule has 2 N–H and O–H groups in total. The summed E-state index contributed by atoms with van der Waals surface area (Å²) in [6.07, 6.45) is 2.02. The zero-order chi connectivity index (χ0) is 14.3.